The fraction of sp³-hybridized carbons (Fsp3) is 1.00. The second-order valence-corrected chi connectivity index (χ2v) is 5.55. The molecule has 1 atom stereocenters. The van der Waals surface area contributed by atoms with Crippen molar-refractivity contribution in [2.24, 2.45) is 0 Å². The van der Waals surface area contributed by atoms with Crippen LogP contribution in [0.25, 0.3) is 0 Å². The standard InChI is InChI=1S/C12H29NP/c1-4-7-10-13(14,11-8-5-2)12-9-6-3/h4-12,14H2,1-3H3/q+1. The first-order valence-corrected chi connectivity index (χ1v) is 6.84. The highest BCUT2D eigenvalue weighted by Crippen LogP contribution is 2.20. The van der Waals surface area contributed by atoms with Gasteiger partial charge in [-0.25, -0.2) is 0 Å². The molecule has 0 spiro atoms. The molecule has 0 aliphatic heterocycles. The minimum absolute atomic E-state index is 1.23. The monoisotopic (exact) mass is 218 g/mol. The summed E-state index contributed by atoms with van der Waals surface area (Å²) in [5, 5.41) is 0. The highest BCUT2D eigenvalue weighted by atomic mass is 31.0. The van der Waals surface area contributed by atoms with Gasteiger partial charge in [-0.1, -0.05) is 40.0 Å². The highest BCUT2D eigenvalue weighted by Gasteiger charge is 2.19. The Morgan fingerprint density at radius 1 is 0.714 bits per heavy atom. The number of quaternary nitrogens is 1. The first-order chi connectivity index (χ1) is 6.68. The van der Waals surface area contributed by atoms with E-state index in [1.807, 2.05) is 0 Å². The molecule has 0 aliphatic carbocycles. The van der Waals surface area contributed by atoms with E-state index in [1.165, 1.54) is 62.4 Å². The maximum Gasteiger partial charge on any atom is 0.0793 e. The second-order valence-electron chi connectivity index (χ2n) is 4.45. The minimum Gasteiger partial charge on any atom is -0.314 e. The van der Waals surface area contributed by atoms with Gasteiger partial charge in [-0.3, -0.25) is 0 Å². The molecule has 0 aromatic heterocycles. The molecule has 1 nitrogen and oxygen atoms in total. The zero-order valence-electron chi connectivity index (χ0n) is 10.4. The Bertz CT molecular complexity index is 104. The molecular formula is C12H29NP+. The topological polar surface area (TPSA) is 0 Å². The molecule has 0 radical (unpaired) electrons. The summed E-state index contributed by atoms with van der Waals surface area (Å²) in [6.45, 7) is 10.9. The van der Waals surface area contributed by atoms with Gasteiger partial charge in [0.05, 0.1) is 29.0 Å². The largest absolute Gasteiger partial charge is 0.314 e. The lowest BCUT2D eigenvalue weighted by Gasteiger charge is -2.34. The van der Waals surface area contributed by atoms with Gasteiger partial charge in [-0.15, -0.1) is 0 Å². The van der Waals surface area contributed by atoms with E-state index >= 15 is 0 Å². The van der Waals surface area contributed by atoms with Crippen molar-refractivity contribution in [3.63, 3.8) is 0 Å². The van der Waals surface area contributed by atoms with Gasteiger partial charge in [0.25, 0.3) is 0 Å². The average molecular weight is 218 g/mol. The maximum absolute atomic E-state index is 3.10. The Labute approximate surface area is 93.1 Å². The quantitative estimate of drug-likeness (QED) is 0.513. The van der Waals surface area contributed by atoms with E-state index in [9.17, 15) is 0 Å². The van der Waals surface area contributed by atoms with E-state index in [0.717, 1.165) is 0 Å². The lowest BCUT2D eigenvalue weighted by Crippen LogP contribution is -2.40. The molecule has 14 heavy (non-hydrogen) atoms. The summed E-state index contributed by atoms with van der Waals surface area (Å²) in [6, 6.07) is 0. The molecular weight excluding hydrogens is 189 g/mol. The third-order valence-electron chi connectivity index (χ3n) is 2.87. The zero-order chi connectivity index (χ0) is 10.9. The smallest absolute Gasteiger partial charge is 0.0793 e. The molecule has 86 valence electrons. The average Bonchev–Trinajstić information content (AvgIpc) is 2.21. The minimum atomic E-state index is 1.23. The number of hydrogen-bond acceptors (Lipinski definition) is 0. The Balaban J connectivity index is 3.89. The zero-order valence-corrected chi connectivity index (χ0v) is 11.5. The predicted octanol–water partition coefficient (Wildman–Crippen LogP) is 3.99. The molecule has 0 N–H and O–H groups in total. The van der Waals surface area contributed by atoms with Crippen molar-refractivity contribution in [1.29, 1.82) is 0 Å². The van der Waals surface area contributed by atoms with Gasteiger partial charge in [0.2, 0.25) is 0 Å². The van der Waals surface area contributed by atoms with Crippen LogP contribution in [-0.2, 0) is 0 Å². The molecule has 0 fully saturated rings. The molecule has 0 saturated heterocycles. The van der Waals surface area contributed by atoms with Crippen molar-refractivity contribution < 1.29 is 4.25 Å². The number of unbranched alkanes of at least 4 members (excludes halogenated alkanes) is 3. The van der Waals surface area contributed by atoms with Gasteiger partial charge in [-0.2, -0.15) is 0 Å². The van der Waals surface area contributed by atoms with Crippen molar-refractivity contribution in [2.75, 3.05) is 19.6 Å². The van der Waals surface area contributed by atoms with Crippen molar-refractivity contribution in [3.05, 3.63) is 0 Å². The lowest BCUT2D eigenvalue weighted by molar-refractivity contribution is -0.801. The molecule has 0 heterocycles. The van der Waals surface area contributed by atoms with Gasteiger partial charge in [-0.05, 0) is 19.3 Å². The van der Waals surface area contributed by atoms with Crippen LogP contribution in [0.1, 0.15) is 59.3 Å². The van der Waals surface area contributed by atoms with Crippen molar-refractivity contribution in [1.82, 2.24) is 0 Å². The van der Waals surface area contributed by atoms with Gasteiger partial charge in [0.15, 0.2) is 0 Å². The lowest BCUT2D eigenvalue weighted by atomic mass is 10.2. The van der Waals surface area contributed by atoms with Crippen LogP contribution in [0.2, 0.25) is 0 Å². The molecule has 0 aromatic carbocycles. The van der Waals surface area contributed by atoms with Gasteiger partial charge >= 0.3 is 0 Å². The molecule has 0 aliphatic rings. The fourth-order valence-electron chi connectivity index (χ4n) is 1.75. The SMILES string of the molecule is CCCC[N+](P)(CCCC)CCCC. The Kier molecular flexibility index (Phi) is 8.92. The van der Waals surface area contributed by atoms with Gasteiger partial charge in [0, 0.05) is 0 Å². The Morgan fingerprint density at radius 2 is 1.00 bits per heavy atom. The van der Waals surface area contributed by atoms with E-state index in [1.54, 1.807) is 0 Å². The van der Waals surface area contributed by atoms with Crippen LogP contribution in [0.3, 0.4) is 0 Å². The Hall–Kier alpha value is 0.390. The van der Waals surface area contributed by atoms with Crippen LogP contribution in [0.5, 0.6) is 0 Å². The van der Waals surface area contributed by atoms with Crippen LogP contribution in [0.4, 0.5) is 0 Å². The van der Waals surface area contributed by atoms with E-state index in [4.69, 9.17) is 0 Å². The van der Waals surface area contributed by atoms with Crippen molar-refractivity contribution in [3.8, 4) is 0 Å². The van der Waals surface area contributed by atoms with Crippen molar-refractivity contribution >= 4 is 9.39 Å². The second kappa shape index (κ2) is 8.68. The van der Waals surface area contributed by atoms with E-state index < -0.39 is 0 Å². The van der Waals surface area contributed by atoms with Crippen molar-refractivity contribution in [2.45, 2.75) is 59.3 Å². The predicted molar refractivity (Wildman–Crippen MR) is 69.3 cm³/mol. The molecule has 0 saturated carbocycles. The van der Waals surface area contributed by atoms with Gasteiger partial charge < -0.3 is 4.25 Å². The summed E-state index contributed by atoms with van der Waals surface area (Å²) in [4.78, 5) is 0. The van der Waals surface area contributed by atoms with Crippen LogP contribution in [0, 0.1) is 0 Å². The third kappa shape index (κ3) is 6.79. The maximum atomic E-state index is 3.10. The van der Waals surface area contributed by atoms with Crippen LogP contribution >= 0.6 is 9.39 Å². The summed E-state index contributed by atoms with van der Waals surface area (Å²) in [6.07, 6.45) is 8.09. The van der Waals surface area contributed by atoms with Crippen LogP contribution in [0.15, 0.2) is 0 Å². The third-order valence-corrected chi connectivity index (χ3v) is 3.65. The number of nitrogens with zero attached hydrogens (tertiary/aromatic N) is 1. The summed E-state index contributed by atoms with van der Waals surface area (Å²) in [5.41, 5.74) is 0. The molecule has 0 rings (SSSR count). The summed E-state index contributed by atoms with van der Waals surface area (Å²) in [5.74, 6) is 0. The van der Waals surface area contributed by atoms with Gasteiger partial charge in [0.1, 0.15) is 0 Å². The molecule has 0 aromatic rings. The first-order valence-electron chi connectivity index (χ1n) is 6.33. The number of hydrogen-bond donors (Lipinski definition) is 0. The number of rotatable bonds is 9. The highest BCUT2D eigenvalue weighted by molar-refractivity contribution is 7.08. The van der Waals surface area contributed by atoms with Crippen LogP contribution < -0.4 is 0 Å². The molecule has 0 amide bonds. The normalized spacial score (nSPS) is 12.0. The summed E-state index contributed by atoms with van der Waals surface area (Å²) >= 11 is 0. The van der Waals surface area contributed by atoms with Crippen LogP contribution in [-0.4, -0.2) is 23.9 Å². The van der Waals surface area contributed by atoms with E-state index in [2.05, 4.69) is 30.2 Å². The fourth-order valence-corrected chi connectivity index (χ4v) is 2.30. The first kappa shape index (κ1) is 14.4. The molecule has 2 heteroatoms. The van der Waals surface area contributed by atoms with E-state index in [0.29, 0.717) is 0 Å². The van der Waals surface area contributed by atoms with E-state index in [-0.39, 0.29) is 0 Å². The molecule has 1 unspecified atom stereocenters. The summed E-state index contributed by atoms with van der Waals surface area (Å²) in [7, 11) is 3.10. The molecule has 0 bridgehead atoms. The Morgan fingerprint density at radius 3 is 1.21 bits per heavy atom. The summed E-state index contributed by atoms with van der Waals surface area (Å²) < 4.78 is 1.23.